The second-order valence-corrected chi connectivity index (χ2v) is 9.75. The molecule has 0 spiro atoms. The molecule has 0 aliphatic carbocycles. The molecule has 12 heteroatoms. The summed E-state index contributed by atoms with van der Waals surface area (Å²) in [5.41, 5.74) is 3.07. The van der Waals surface area contributed by atoms with Crippen LogP contribution >= 0.6 is 31.9 Å². The number of nitrogens with zero attached hydrogens (tertiary/aromatic N) is 1. The second-order valence-electron chi connectivity index (χ2n) is 7.98. The number of hydrogen-bond acceptors (Lipinski definition) is 3. The predicted molar refractivity (Wildman–Crippen MR) is 141 cm³/mol. The molecule has 37 heavy (non-hydrogen) atoms. The standard InChI is InChI=1S/C25H17Br2F3N4O3/c1-13-5-7-19(18(27)9-13)32-22(35)21-11-14-10-16(26)6-8-20(14)34(21)33-24(37)23(36)31-17-4-2-3-15(12-17)25(28,29)30/h2-12H,1H3,(H,31,36)(H,32,35)(H,33,37). The number of hydrogen-bond donors (Lipinski definition) is 3. The molecule has 3 aromatic carbocycles. The summed E-state index contributed by atoms with van der Waals surface area (Å²) in [5, 5.41) is 5.49. The molecule has 0 unspecified atom stereocenters. The summed E-state index contributed by atoms with van der Waals surface area (Å²) in [6, 6.07) is 15.8. The summed E-state index contributed by atoms with van der Waals surface area (Å²) in [5.74, 6) is -2.98. The number of halogens is 5. The highest BCUT2D eigenvalue weighted by molar-refractivity contribution is 9.10. The van der Waals surface area contributed by atoms with Crippen LogP contribution in [-0.2, 0) is 15.8 Å². The van der Waals surface area contributed by atoms with Crippen molar-refractivity contribution >= 4 is 71.9 Å². The fraction of sp³-hybridized carbons (Fsp3) is 0.0800. The topological polar surface area (TPSA) is 92.2 Å². The molecule has 4 aromatic rings. The van der Waals surface area contributed by atoms with E-state index in [0.29, 0.717) is 27.1 Å². The third-order valence-corrected chi connectivity index (χ3v) is 6.39. The lowest BCUT2D eigenvalue weighted by molar-refractivity contribution is -0.137. The summed E-state index contributed by atoms with van der Waals surface area (Å²) in [6.45, 7) is 1.89. The van der Waals surface area contributed by atoms with E-state index >= 15 is 0 Å². The van der Waals surface area contributed by atoms with Gasteiger partial charge >= 0.3 is 18.0 Å². The molecule has 0 bridgehead atoms. The molecule has 1 heterocycles. The third kappa shape index (κ3) is 6.03. The Hall–Kier alpha value is -3.64. The van der Waals surface area contributed by atoms with Gasteiger partial charge in [0, 0.05) is 20.0 Å². The Morgan fingerprint density at radius 2 is 1.62 bits per heavy atom. The Balaban J connectivity index is 1.61. The molecule has 0 fully saturated rings. The fourth-order valence-electron chi connectivity index (χ4n) is 3.50. The molecule has 4 rings (SSSR count). The highest BCUT2D eigenvalue weighted by Gasteiger charge is 2.30. The minimum absolute atomic E-state index is 0.0146. The molecule has 0 atom stereocenters. The van der Waals surface area contributed by atoms with Crippen LogP contribution in [0.2, 0.25) is 0 Å². The summed E-state index contributed by atoms with van der Waals surface area (Å²) < 4.78 is 41.4. The van der Waals surface area contributed by atoms with Crippen molar-refractivity contribution in [1.82, 2.24) is 4.68 Å². The number of benzene rings is 3. The van der Waals surface area contributed by atoms with E-state index in [-0.39, 0.29) is 11.4 Å². The van der Waals surface area contributed by atoms with Crippen LogP contribution in [0.1, 0.15) is 21.6 Å². The van der Waals surface area contributed by atoms with Gasteiger partial charge in [0.25, 0.3) is 5.91 Å². The minimum Gasteiger partial charge on any atom is -0.320 e. The van der Waals surface area contributed by atoms with Crippen LogP contribution in [0.25, 0.3) is 10.9 Å². The fourth-order valence-corrected chi connectivity index (χ4v) is 4.47. The number of amides is 3. The lowest BCUT2D eigenvalue weighted by Crippen LogP contribution is -2.36. The summed E-state index contributed by atoms with van der Waals surface area (Å²) >= 11 is 6.75. The number of anilines is 2. The molecular weight excluding hydrogens is 621 g/mol. The van der Waals surface area contributed by atoms with Gasteiger partial charge in [0.15, 0.2) is 0 Å². The summed E-state index contributed by atoms with van der Waals surface area (Å²) in [6.07, 6.45) is -4.62. The van der Waals surface area contributed by atoms with Crippen molar-refractivity contribution in [2.75, 3.05) is 16.1 Å². The van der Waals surface area contributed by atoms with Crippen molar-refractivity contribution in [2.24, 2.45) is 0 Å². The zero-order chi connectivity index (χ0) is 26.9. The van der Waals surface area contributed by atoms with Crippen molar-refractivity contribution < 1.29 is 27.6 Å². The zero-order valence-electron chi connectivity index (χ0n) is 18.9. The molecule has 3 amide bonds. The van der Waals surface area contributed by atoms with Crippen LogP contribution in [0.5, 0.6) is 0 Å². The third-order valence-electron chi connectivity index (χ3n) is 5.24. The number of fused-ring (bicyclic) bond motifs is 1. The lowest BCUT2D eigenvalue weighted by Gasteiger charge is -2.14. The molecule has 0 aliphatic rings. The Labute approximate surface area is 225 Å². The van der Waals surface area contributed by atoms with E-state index in [9.17, 15) is 27.6 Å². The lowest BCUT2D eigenvalue weighted by atomic mass is 10.2. The summed E-state index contributed by atoms with van der Waals surface area (Å²) in [7, 11) is 0. The number of nitrogens with one attached hydrogen (secondary N) is 3. The van der Waals surface area contributed by atoms with Gasteiger partial charge in [0.05, 0.1) is 16.8 Å². The van der Waals surface area contributed by atoms with Crippen LogP contribution in [0.15, 0.2) is 75.7 Å². The molecule has 0 aliphatic heterocycles. The number of alkyl halides is 3. The number of carbonyl (C=O) groups is 3. The first-order chi connectivity index (χ1) is 17.4. The van der Waals surface area contributed by atoms with Crippen molar-refractivity contribution in [1.29, 1.82) is 0 Å². The van der Waals surface area contributed by atoms with Crippen molar-refractivity contribution in [2.45, 2.75) is 13.1 Å². The van der Waals surface area contributed by atoms with Crippen molar-refractivity contribution in [3.63, 3.8) is 0 Å². The highest BCUT2D eigenvalue weighted by Crippen LogP contribution is 2.31. The zero-order valence-corrected chi connectivity index (χ0v) is 22.1. The maximum atomic E-state index is 13.2. The Bertz CT molecular complexity index is 1550. The van der Waals surface area contributed by atoms with E-state index in [2.05, 4.69) is 47.9 Å². The molecule has 0 saturated heterocycles. The largest absolute Gasteiger partial charge is 0.416 e. The average Bonchev–Trinajstić information content (AvgIpc) is 3.17. The van der Waals surface area contributed by atoms with Gasteiger partial charge in [-0.2, -0.15) is 13.2 Å². The van der Waals surface area contributed by atoms with E-state index in [1.807, 2.05) is 19.1 Å². The van der Waals surface area contributed by atoms with Gasteiger partial charge < -0.3 is 10.6 Å². The maximum absolute atomic E-state index is 13.2. The summed E-state index contributed by atoms with van der Waals surface area (Å²) in [4.78, 5) is 38.4. The first-order valence-corrected chi connectivity index (χ1v) is 12.2. The quantitative estimate of drug-likeness (QED) is 0.225. The molecule has 7 nitrogen and oxygen atoms in total. The molecule has 0 radical (unpaired) electrons. The van der Waals surface area contributed by atoms with E-state index in [1.165, 1.54) is 12.1 Å². The van der Waals surface area contributed by atoms with Gasteiger partial charge in [0.1, 0.15) is 5.69 Å². The number of aromatic nitrogens is 1. The van der Waals surface area contributed by atoms with E-state index in [1.54, 1.807) is 24.3 Å². The van der Waals surface area contributed by atoms with Gasteiger partial charge in [-0.25, -0.2) is 4.68 Å². The predicted octanol–water partition coefficient (Wildman–Crippen LogP) is 6.45. The molecule has 190 valence electrons. The van der Waals surface area contributed by atoms with Gasteiger partial charge in [-0.05, 0) is 83.0 Å². The van der Waals surface area contributed by atoms with E-state index < -0.39 is 29.5 Å². The van der Waals surface area contributed by atoms with Crippen molar-refractivity contribution in [3.8, 4) is 0 Å². The minimum atomic E-state index is -4.62. The number of carbonyl (C=O) groups excluding carboxylic acids is 3. The highest BCUT2D eigenvalue weighted by atomic mass is 79.9. The first-order valence-electron chi connectivity index (χ1n) is 10.6. The maximum Gasteiger partial charge on any atom is 0.416 e. The normalized spacial score (nSPS) is 11.3. The Kier molecular flexibility index (Phi) is 7.42. The average molecular weight is 638 g/mol. The van der Waals surface area contributed by atoms with Gasteiger partial charge in [-0.3, -0.25) is 19.8 Å². The Morgan fingerprint density at radius 1 is 0.865 bits per heavy atom. The van der Waals surface area contributed by atoms with Crippen LogP contribution < -0.4 is 16.1 Å². The molecular formula is C25H17Br2F3N4O3. The smallest absolute Gasteiger partial charge is 0.320 e. The second kappa shape index (κ2) is 10.4. The Morgan fingerprint density at radius 3 is 2.32 bits per heavy atom. The SMILES string of the molecule is Cc1ccc(NC(=O)c2cc3cc(Br)ccc3n2NC(=O)C(=O)Nc2cccc(C(F)(F)F)c2)c(Br)c1. The first kappa shape index (κ1) is 26.4. The van der Waals surface area contributed by atoms with Crippen LogP contribution in [-0.4, -0.2) is 22.4 Å². The number of rotatable bonds is 4. The molecule has 1 aromatic heterocycles. The monoisotopic (exact) mass is 636 g/mol. The molecule has 0 saturated carbocycles. The van der Waals surface area contributed by atoms with Gasteiger partial charge in [-0.1, -0.05) is 28.1 Å². The van der Waals surface area contributed by atoms with E-state index in [0.717, 1.165) is 26.8 Å². The molecule has 3 N–H and O–H groups in total. The van der Waals surface area contributed by atoms with Crippen LogP contribution in [0.3, 0.4) is 0 Å². The van der Waals surface area contributed by atoms with Gasteiger partial charge in [-0.15, -0.1) is 0 Å². The van der Waals surface area contributed by atoms with Gasteiger partial charge in [0.2, 0.25) is 0 Å². The van der Waals surface area contributed by atoms with Crippen LogP contribution in [0, 0.1) is 6.92 Å². The van der Waals surface area contributed by atoms with Crippen molar-refractivity contribution in [3.05, 3.63) is 92.5 Å². The number of aryl methyl sites for hydroxylation is 1. The van der Waals surface area contributed by atoms with Crippen LogP contribution in [0.4, 0.5) is 24.5 Å². The van der Waals surface area contributed by atoms with E-state index in [4.69, 9.17) is 0 Å².